The molecule has 0 aromatic rings. The van der Waals surface area contributed by atoms with E-state index in [-0.39, 0.29) is 11.4 Å². The highest BCUT2D eigenvalue weighted by molar-refractivity contribution is 5.80. The molecule has 0 N–H and O–H groups in total. The van der Waals surface area contributed by atoms with Crippen LogP contribution in [0, 0.1) is 11.3 Å². The third-order valence-corrected chi connectivity index (χ3v) is 3.86. The Balaban J connectivity index is 1.96. The highest BCUT2D eigenvalue weighted by Crippen LogP contribution is 2.57. The van der Waals surface area contributed by atoms with Gasteiger partial charge in [-0.25, -0.2) is 0 Å². The maximum atomic E-state index is 11.8. The van der Waals surface area contributed by atoms with E-state index in [1.165, 1.54) is 32.1 Å². The lowest BCUT2D eigenvalue weighted by Gasteiger charge is -2.28. The second kappa shape index (κ2) is 3.92. The van der Waals surface area contributed by atoms with Crippen molar-refractivity contribution in [1.82, 2.24) is 0 Å². The van der Waals surface area contributed by atoms with Crippen molar-refractivity contribution in [2.24, 2.45) is 11.3 Å². The van der Waals surface area contributed by atoms with Crippen LogP contribution in [0.4, 0.5) is 0 Å². The predicted octanol–water partition coefficient (Wildman–Crippen LogP) is 2.91. The van der Waals surface area contributed by atoms with Crippen molar-refractivity contribution in [3.63, 3.8) is 0 Å². The van der Waals surface area contributed by atoms with Crippen LogP contribution in [0.5, 0.6) is 0 Å². The van der Waals surface area contributed by atoms with Gasteiger partial charge in [0.1, 0.15) is 0 Å². The number of ether oxygens (including phenoxy) is 1. The molecule has 0 aliphatic heterocycles. The zero-order valence-corrected chi connectivity index (χ0v) is 9.05. The number of carbonyl (C=O) groups excluding carboxylic acids is 1. The first-order valence-corrected chi connectivity index (χ1v) is 5.97. The molecule has 14 heavy (non-hydrogen) atoms. The molecule has 0 radical (unpaired) electrons. The summed E-state index contributed by atoms with van der Waals surface area (Å²) in [6, 6.07) is 0. The predicted molar refractivity (Wildman–Crippen MR) is 54.9 cm³/mol. The average Bonchev–Trinajstić information content (AvgIpc) is 3.00. The van der Waals surface area contributed by atoms with E-state index < -0.39 is 0 Å². The van der Waals surface area contributed by atoms with E-state index in [2.05, 4.69) is 0 Å². The Labute approximate surface area is 86.0 Å². The van der Waals surface area contributed by atoms with Crippen LogP contribution >= 0.6 is 0 Å². The number of hydrogen-bond donors (Lipinski definition) is 0. The molecule has 0 unspecified atom stereocenters. The van der Waals surface area contributed by atoms with Crippen LogP contribution in [0.3, 0.4) is 0 Å². The Morgan fingerprint density at radius 1 is 1.29 bits per heavy atom. The van der Waals surface area contributed by atoms with Crippen LogP contribution in [0.15, 0.2) is 0 Å². The van der Waals surface area contributed by atoms with Crippen LogP contribution in [-0.4, -0.2) is 12.6 Å². The molecule has 0 amide bonds. The monoisotopic (exact) mass is 196 g/mol. The second-order valence-electron chi connectivity index (χ2n) is 4.71. The van der Waals surface area contributed by atoms with E-state index in [0.29, 0.717) is 12.5 Å². The van der Waals surface area contributed by atoms with Gasteiger partial charge in [-0.3, -0.25) is 4.79 Å². The van der Waals surface area contributed by atoms with Crippen molar-refractivity contribution in [3.8, 4) is 0 Å². The number of hydrogen-bond acceptors (Lipinski definition) is 2. The van der Waals surface area contributed by atoms with Crippen molar-refractivity contribution < 1.29 is 9.53 Å². The molecule has 2 rings (SSSR count). The van der Waals surface area contributed by atoms with Crippen LogP contribution in [0.2, 0.25) is 0 Å². The lowest BCUT2D eigenvalue weighted by molar-refractivity contribution is -0.152. The van der Waals surface area contributed by atoms with E-state index in [1.807, 2.05) is 6.92 Å². The number of carbonyl (C=O) groups is 1. The Morgan fingerprint density at radius 2 is 1.93 bits per heavy atom. The standard InChI is InChI=1S/C12H20O2/c1-2-14-11(13)12(8-9-12)10-6-4-3-5-7-10/h10H,2-9H2,1H3. The van der Waals surface area contributed by atoms with Crippen molar-refractivity contribution in [2.45, 2.75) is 51.9 Å². The van der Waals surface area contributed by atoms with Crippen LogP contribution in [0.1, 0.15) is 51.9 Å². The summed E-state index contributed by atoms with van der Waals surface area (Å²) in [4.78, 5) is 11.8. The maximum absolute atomic E-state index is 11.8. The Morgan fingerprint density at radius 3 is 2.43 bits per heavy atom. The minimum Gasteiger partial charge on any atom is -0.466 e. The molecule has 0 saturated heterocycles. The topological polar surface area (TPSA) is 26.3 Å². The average molecular weight is 196 g/mol. The molecule has 2 aliphatic rings. The van der Waals surface area contributed by atoms with Crippen molar-refractivity contribution in [1.29, 1.82) is 0 Å². The number of rotatable bonds is 3. The molecule has 0 bridgehead atoms. The lowest BCUT2D eigenvalue weighted by atomic mass is 9.78. The first-order valence-electron chi connectivity index (χ1n) is 5.97. The normalized spacial score (nSPS) is 25.8. The van der Waals surface area contributed by atoms with Gasteiger partial charge in [0.15, 0.2) is 0 Å². The molecule has 2 aliphatic carbocycles. The second-order valence-corrected chi connectivity index (χ2v) is 4.71. The largest absolute Gasteiger partial charge is 0.466 e. The summed E-state index contributed by atoms with van der Waals surface area (Å²) in [6.45, 7) is 2.43. The van der Waals surface area contributed by atoms with Crippen LogP contribution in [0.25, 0.3) is 0 Å². The van der Waals surface area contributed by atoms with Crippen molar-refractivity contribution in [3.05, 3.63) is 0 Å². The molecule has 2 nitrogen and oxygen atoms in total. The maximum Gasteiger partial charge on any atom is 0.312 e. The summed E-state index contributed by atoms with van der Waals surface area (Å²) >= 11 is 0. The van der Waals surface area contributed by atoms with Gasteiger partial charge in [-0.05, 0) is 38.5 Å². The molecule has 0 aromatic carbocycles. The fourth-order valence-corrected chi connectivity index (χ4v) is 2.84. The summed E-state index contributed by atoms with van der Waals surface area (Å²) < 4.78 is 5.18. The van der Waals surface area contributed by atoms with Gasteiger partial charge in [-0.15, -0.1) is 0 Å². The van der Waals surface area contributed by atoms with Gasteiger partial charge in [0, 0.05) is 0 Å². The summed E-state index contributed by atoms with van der Waals surface area (Å²) in [5.41, 5.74) is -0.0313. The zero-order chi connectivity index (χ0) is 10.0. The Hall–Kier alpha value is -0.530. The first kappa shape index (κ1) is 10.0. The van der Waals surface area contributed by atoms with Crippen molar-refractivity contribution >= 4 is 5.97 Å². The van der Waals surface area contributed by atoms with Gasteiger partial charge in [0.25, 0.3) is 0 Å². The molecule has 0 atom stereocenters. The minimum absolute atomic E-state index is 0.0313. The molecule has 0 spiro atoms. The molecular formula is C12H20O2. The van der Waals surface area contributed by atoms with Gasteiger partial charge >= 0.3 is 5.97 Å². The van der Waals surface area contributed by atoms with Gasteiger partial charge in [0.05, 0.1) is 12.0 Å². The molecule has 80 valence electrons. The Bertz CT molecular complexity index is 212. The fourth-order valence-electron chi connectivity index (χ4n) is 2.84. The zero-order valence-electron chi connectivity index (χ0n) is 9.05. The molecular weight excluding hydrogens is 176 g/mol. The van der Waals surface area contributed by atoms with Gasteiger partial charge < -0.3 is 4.74 Å². The highest BCUT2D eigenvalue weighted by Gasteiger charge is 2.56. The molecule has 0 heterocycles. The lowest BCUT2D eigenvalue weighted by Crippen LogP contribution is -2.29. The third kappa shape index (κ3) is 1.67. The summed E-state index contributed by atoms with van der Waals surface area (Å²) in [5.74, 6) is 0.724. The number of esters is 1. The van der Waals surface area contributed by atoms with E-state index in [0.717, 1.165) is 12.8 Å². The van der Waals surface area contributed by atoms with Crippen molar-refractivity contribution in [2.75, 3.05) is 6.61 Å². The first-order chi connectivity index (χ1) is 6.79. The summed E-state index contributed by atoms with van der Waals surface area (Å²) in [7, 11) is 0. The summed E-state index contributed by atoms with van der Waals surface area (Å²) in [5, 5.41) is 0. The fraction of sp³-hybridized carbons (Fsp3) is 0.917. The van der Waals surface area contributed by atoms with Gasteiger partial charge in [-0.2, -0.15) is 0 Å². The van der Waals surface area contributed by atoms with E-state index >= 15 is 0 Å². The highest BCUT2D eigenvalue weighted by atomic mass is 16.5. The van der Waals surface area contributed by atoms with Crippen LogP contribution < -0.4 is 0 Å². The molecule has 2 fully saturated rings. The molecule has 2 heteroatoms. The smallest absolute Gasteiger partial charge is 0.312 e. The molecule has 2 saturated carbocycles. The summed E-state index contributed by atoms with van der Waals surface area (Å²) in [6.07, 6.45) is 8.64. The van der Waals surface area contributed by atoms with Gasteiger partial charge in [-0.1, -0.05) is 19.3 Å². The van der Waals surface area contributed by atoms with Crippen LogP contribution in [-0.2, 0) is 9.53 Å². The molecule has 0 aromatic heterocycles. The minimum atomic E-state index is -0.0313. The third-order valence-electron chi connectivity index (χ3n) is 3.86. The van der Waals surface area contributed by atoms with E-state index in [4.69, 9.17) is 4.74 Å². The Kier molecular flexibility index (Phi) is 2.80. The van der Waals surface area contributed by atoms with Gasteiger partial charge in [0.2, 0.25) is 0 Å². The van der Waals surface area contributed by atoms with E-state index in [1.54, 1.807) is 0 Å². The SMILES string of the molecule is CCOC(=O)C1(C2CCCCC2)CC1. The van der Waals surface area contributed by atoms with E-state index in [9.17, 15) is 4.79 Å². The quantitative estimate of drug-likeness (QED) is 0.649.